The molecule has 0 saturated carbocycles. The summed E-state index contributed by atoms with van der Waals surface area (Å²) in [7, 11) is 1.63. The van der Waals surface area contributed by atoms with Crippen LogP contribution < -0.4 is 15.8 Å². The molecule has 0 aliphatic heterocycles. The minimum atomic E-state index is 0.551. The Morgan fingerprint density at radius 2 is 2.04 bits per heavy atom. The van der Waals surface area contributed by atoms with E-state index in [0.29, 0.717) is 23.1 Å². The van der Waals surface area contributed by atoms with E-state index in [1.165, 1.54) is 0 Å². The second-order valence-corrected chi connectivity index (χ2v) is 5.93. The molecule has 0 aliphatic carbocycles. The zero-order chi connectivity index (χ0) is 16.4. The van der Waals surface area contributed by atoms with Crippen molar-refractivity contribution in [2.45, 2.75) is 13.8 Å². The molecule has 0 bridgehead atoms. The lowest BCUT2D eigenvalue weighted by Gasteiger charge is -2.11. The number of hydrogen-bond acceptors (Lipinski definition) is 5. The van der Waals surface area contributed by atoms with E-state index in [2.05, 4.69) is 24.1 Å². The maximum absolute atomic E-state index is 6.13. The summed E-state index contributed by atoms with van der Waals surface area (Å²) in [5.74, 6) is 1.85. The summed E-state index contributed by atoms with van der Waals surface area (Å²) in [5, 5.41) is 3.34. The van der Waals surface area contributed by atoms with E-state index < -0.39 is 0 Å². The molecule has 23 heavy (non-hydrogen) atoms. The van der Waals surface area contributed by atoms with Gasteiger partial charge in [-0.1, -0.05) is 13.8 Å². The molecule has 0 unspecified atom stereocenters. The number of ether oxygens (including phenoxy) is 1. The lowest BCUT2D eigenvalue weighted by atomic mass is 10.1. The van der Waals surface area contributed by atoms with E-state index in [1.54, 1.807) is 7.11 Å². The fourth-order valence-corrected chi connectivity index (χ4v) is 2.33. The van der Waals surface area contributed by atoms with Gasteiger partial charge in [0, 0.05) is 18.2 Å². The van der Waals surface area contributed by atoms with Crippen LogP contribution in [0.15, 0.2) is 40.8 Å². The molecule has 1 heterocycles. The highest BCUT2D eigenvalue weighted by Gasteiger charge is 2.11. The minimum Gasteiger partial charge on any atom is -0.497 e. The Bertz CT molecular complexity index is 824. The van der Waals surface area contributed by atoms with Gasteiger partial charge in [-0.25, -0.2) is 4.98 Å². The Morgan fingerprint density at radius 1 is 1.22 bits per heavy atom. The van der Waals surface area contributed by atoms with Crippen molar-refractivity contribution in [1.82, 2.24) is 4.98 Å². The van der Waals surface area contributed by atoms with Gasteiger partial charge in [0.15, 0.2) is 5.58 Å². The number of rotatable bonds is 5. The highest BCUT2D eigenvalue weighted by molar-refractivity contribution is 5.79. The number of methoxy groups -OCH3 is 1. The summed E-state index contributed by atoms with van der Waals surface area (Å²) < 4.78 is 11.0. The highest BCUT2D eigenvalue weighted by Crippen LogP contribution is 2.30. The van der Waals surface area contributed by atoms with Crippen molar-refractivity contribution in [3.05, 3.63) is 36.4 Å². The van der Waals surface area contributed by atoms with Gasteiger partial charge in [-0.2, -0.15) is 0 Å². The van der Waals surface area contributed by atoms with Crippen molar-refractivity contribution in [2.24, 2.45) is 5.92 Å². The van der Waals surface area contributed by atoms with Crippen LogP contribution >= 0.6 is 0 Å². The number of nitrogen functional groups attached to an aromatic ring is 1. The quantitative estimate of drug-likeness (QED) is 0.692. The average molecular weight is 311 g/mol. The molecule has 2 aromatic carbocycles. The van der Waals surface area contributed by atoms with Gasteiger partial charge < -0.3 is 20.2 Å². The molecule has 3 rings (SSSR count). The van der Waals surface area contributed by atoms with E-state index in [1.807, 2.05) is 36.4 Å². The Labute approximate surface area is 135 Å². The van der Waals surface area contributed by atoms with Crippen molar-refractivity contribution in [2.75, 3.05) is 24.7 Å². The molecular formula is C18H21N3O2. The molecule has 120 valence electrons. The largest absolute Gasteiger partial charge is 0.497 e. The van der Waals surface area contributed by atoms with E-state index in [4.69, 9.17) is 14.9 Å². The standard InChI is InChI=1S/C18H21N3O2/c1-11(2)10-20-15-6-4-12(8-14(15)19)18-21-16-7-5-13(22-3)9-17(16)23-18/h4-9,11,20H,10,19H2,1-3H3. The van der Waals surface area contributed by atoms with Gasteiger partial charge in [0.25, 0.3) is 0 Å². The van der Waals surface area contributed by atoms with Crippen molar-refractivity contribution in [1.29, 1.82) is 0 Å². The first-order chi connectivity index (χ1) is 11.1. The van der Waals surface area contributed by atoms with Gasteiger partial charge in [0.1, 0.15) is 11.3 Å². The first kappa shape index (κ1) is 15.2. The molecule has 0 radical (unpaired) electrons. The first-order valence-electron chi connectivity index (χ1n) is 7.65. The maximum Gasteiger partial charge on any atom is 0.227 e. The lowest BCUT2D eigenvalue weighted by Crippen LogP contribution is -2.09. The van der Waals surface area contributed by atoms with Gasteiger partial charge in [0.05, 0.1) is 18.5 Å². The number of oxazole rings is 1. The smallest absolute Gasteiger partial charge is 0.227 e. The fraction of sp³-hybridized carbons (Fsp3) is 0.278. The number of benzene rings is 2. The predicted octanol–water partition coefficient (Wildman–Crippen LogP) is 4.15. The van der Waals surface area contributed by atoms with Gasteiger partial charge in [-0.05, 0) is 36.2 Å². The molecule has 5 heteroatoms. The minimum absolute atomic E-state index is 0.551. The van der Waals surface area contributed by atoms with E-state index in [0.717, 1.165) is 29.1 Å². The molecule has 5 nitrogen and oxygen atoms in total. The fourth-order valence-electron chi connectivity index (χ4n) is 2.33. The molecular weight excluding hydrogens is 290 g/mol. The second kappa shape index (κ2) is 6.20. The van der Waals surface area contributed by atoms with Gasteiger partial charge in [-0.15, -0.1) is 0 Å². The molecule has 0 amide bonds. The zero-order valence-corrected chi connectivity index (χ0v) is 13.6. The van der Waals surface area contributed by atoms with Crippen LogP contribution in [0.4, 0.5) is 11.4 Å². The summed E-state index contributed by atoms with van der Waals surface area (Å²) >= 11 is 0. The number of anilines is 2. The van der Waals surface area contributed by atoms with Crippen LogP contribution in [0, 0.1) is 5.92 Å². The van der Waals surface area contributed by atoms with Crippen molar-refractivity contribution >= 4 is 22.5 Å². The van der Waals surface area contributed by atoms with Crippen molar-refractivity contribution in [3.63, 3.8) is 0 Å². The zero-order valence-electron chi connectivity index (χ0n) is 13.6. The normalized spacial score (nSPS) is 11.1. The second-order valence-electron chi connectivity index (χ2n) is 5.93. The third kappa shape index (κ3) is 3.23. The topological polar surface area (TPSA) is 73.3 Å². The summed E-state index contributed by atoms with van der Waals surface area (Å²) in [6.45, 7) is 5.19. The maximum atomic E-state index is 6.13. The third-order valence-electron chi connectivity index (χ3n) is 3.59. The van der Waals surface area contributed by atoms with Crippen LogP contribution in [-0.2, 0) is 0 Å². The van der Waals surface area contributed by atoms with Crippen molar-refractivity contribution < 1.29 is 9.15 Å². The Hall–Kier alpha value is -2.69. The highest BCUT2D eigenvalue weighted by atomic mass is 16.5. The van der Waals surface area contributed by atoms with Gasteiger partial charge in [0.2, 0.25) is 5.89 Å². The van der Waals surface area contributed by atoms with Gasteiger partial charge >= 0.3 is 0 Å². The number of nitrogens with one attached hydrogen (secondary N) is 1. The summed E-state index contributed by atoms with van der Waals surface area (Å²) in [6, 6.07) is 11.4. The number of aromatic nitrogens is 1. The van der Waals surface area contributed by atoms with Gasteiger partial charge in [-0.3, -0.25) is 0 Å². The van der Waals surface area contributed by atoms with Crippen LogP contribution in [0.3, 0.4) is 0 Å². The molecule has 0 atom stereocenters. The van der Waals surface area contributed by atoms with Crippen LogP contribution in [-0.4, -0.2) is 18.6 Å². The summed E-state index contributed by atoms with van der Waals surface area (Å²) in [4.78, 5) is 4.51. The van der Waals surface area contributed by atoms with Crippen LogP contribution in [0.25, 0.3) is 22.6 Å². The van der Waals surface area contributed by atoms with Crippen molar-refractivity contribution in [3.8, 4) is 17.2 Å². The molecule has 1 aromatic heterocycles. The number of hydrogen-bond donors (Lipinski definition) is 2. The predicted molar refractivity (Wildman–Crippen MR) is 93.7 cm³/mol. The molecule has 3 N–H and O–H groups in total. The van der Waals surface area contributed by atoms with E-state index in [-0.39, 0.29) is 0 Å². The Kier molecular flexibility index (Phi) is 4.10. The van der Waals surface area contributed by atoms with Crippen LogP contribution in [0.2, 0.25) is 0 Å². The van der Waals surface area contributed by atoms with Crippen LogP contribution in [0.1, 0.15) is 13.8 Å². The van der Waals surface area contributed by atoms with Crippen LogP contribution in [0.5, 0.6) is 5.75 Å². The number of nitrogens with two attached hydrogens (primary N) is 1. The number of nitrogens with zero attached hydrogens (tertiary/aromatic N) is 1. The number of fused-ring (bicyclic) bond motifs is 1. The average Bonchev–Trinajstić information content (AvgIpc) is 2.96. The lowest BCUT2D eigenvalue weighted by molar-refractivity contribution is 0.414. The Morgan fingerprint density at radius 3 is 2.74 bits per heavy atom. The monoisotopic (exact) mass is 311 g/mol. The Balaban J connectivity index is 1.90. The molecule has 3 aromatic rings. The third-order valence-corrected chi connectivity index (χ3v) is 3.59. The SMILES string of the molecule is COc1ccc2nc(-c3ccc(NCC(C)C)c(N)c3)oc2c1. The molecule has 0 saturated heterocycles. The van der Waals surface area contributed by atoms with E-state index >= 15 is 0 Å². The summed E-state index contributed by atoms with van der Waals surface area (Å²) in [5.41, 5.74) is 10.1. The molecule has 0 fully saturated rings. The first-order valence-corrected chi connectivity index (χ1v) is 7.65. The van der Waals surface area contributed by atoms with E-state index in [9.17, 15) is 0 Å². The molecule has 0 aliphatic rings. The molecule has 0 spiro atoms. The summed E-state index contributed by atoms with van der Waals surface area (Å²) in [6.07, 6.45) is 0.